The lowest BCUT2D eigenvalue weighted by Gasteiger charge is -2.17. The molecule has 2 rings (SSSR count). The fourth-order valence-corrected chi connectivity index (χ4v) is 2.19. The quantitative estimate of drug-likeness (QED) is 0.858. The number of carbonyl (C=O) groups excluding carboxylic acids is 1. The van der Waals surface area contributed by atoms with E-state index >= 15 is 0 Å². The molecule has 2 heterocycles. The number of hydrogen-bond donors (Lipinski definition) is 2. The normalized spacial score (nSPS) is 10.5. The maximum Gasteiger partial charge on any atom is 0.257 e. The van der Waals surface area contributed by atoms with E-state index in [0.29, 0.717) is 30.3 Å². The molecule has 0 unspecified atom stereocenters. The Labute approximate surface area is 131 Å². The second-order valence-corrected chi connectivity index (χ2v) is 5.49. The van der Waals surface area contributed by atoms with Crippen LogP contribution in [-0.2, 0) is 6.54 Å². The first-order valence-corrected chi connectivity index (χ1v) is 7.33. The van der Waals surface area contributed by atoms with E-state index in [-0.39, 0.29) is 5.91 Å². The summed E-state index contributed by atoms with van der Waals surface area (Å²) in [6.45, 7) is 4.80. The molecule has 2 aromatic rings. The molecule has 7 nitrogen and oxygen atoms in total. The molecule has 0 aliphatic carbocycles. The summed E-state index contributed by atoms with van der Waals surface area (Å²) in [6.07, 6.45) is 1.66. The minimum absolute atomic E-state index is 0.137. The number of nitrogens with one attached hydrogen (secondary N) is 2. The Balaban J connectivity index is 2.20. The number of amides is 1. The highest BCUT2D eigenvalue weighted by Crippen LogP contribution is 2.20. The summed E-state index contributed by atoms with van der Waals surface area (Å²) in [5.41, 5.74) is 0.515. The predicted molar refractivity (Wildman–Crippen MR) is 83.0 cm³/mol. The molecular weight excluding hydrogens is 336 g/mol. The summed E-state index contributed by atoms with van der Waals surface area (Å²) < 4.78 is 0.759. The van der Waals surface area contributed by atoms with Gasteiger partial charge in [-0.1, -0.05) is 0 Å². The molecule has 0 aliphatic heterocycles. The summed E-state index contributed by atoms with van der Waals surface area (Å²) in [5.74, 6) is 1.74. The highest BCUT2D eigenvalue weighted by molar-refractivity contribution is 9.10. The lowest BCUT2D eigenvalue weighted by Crippen LogP contribution is -2.28. The van der Waals surface area contributed by atoms with Crippen molar-refractivity contribution < 1.29 is 4.79 Å². The third-order valence-electron chi connectivity index (χ3n) is 2.80. The van der Waals surface area contributed by atoms with Crippen molar-refractivity contribution in [1.82, 2.24) is 25.1 Å². The zero-order chi connectivity index (χ0) is 15.4. The van der Waals surface area contributed by atoms with Crippen molar-refractivity contribution in [1.29, 1.82) is 0 Å². The number of aromatic amines is 1. The SMILES string of the molecule is CCNc1ncc(Br)cc1C(=O)N(C)Cc1n[nH]c(C)n1. The summed E-state index contributed by atoms with van der Waals surface area (Å²) in [4.78, 5) is 22.6. The van der Waals surface area contributed by atoms with Gasteiger partial charge in [0.25, 0.3) is 5.91 Å². The van der Waals surface area contributed by atoms with Gasteiger partial charge in [0, 0.05) is 24.3 Å². The molecule has 0 saturated carbocycles. The Morgan fingerprint density at radius 3 is 2.90 bits per heavy atom. The second kappa shape index (κ2) is 6.66. The number of halogens is 1. The smallest absolute Gasteiger partial charge is 0.257 e. The number of H-pyrrole nitrogens is 1. The Morgan fingerprint density at radius 1 is 1.52 bits per heavy atom. The van der Waals surface area contributed by atoms with Crippen molar-refractivity contribution in [3.05, 3.63) is 33.9 Å². The van der Waals surface area contributed by atoms with Crippen LogP contribution in [0.2, 0.25) is 0 Å². The molecule has 0 fully saturated rings. The van der Waals surface area contributed by atoms with Crippen molar-refractivity contribution >= 4 is 27.7 Å². The highest BCUT2D eigenvalue weighted by atomic mass is 79.9. The zero-order valence-electron chi connectivity index (χ0n) is 12.1. The van der Waals surface area contributed by atoms with Crippen molar-refractivity contribution in [3.63, 3.8) is 0 Å². The van der Waals surface area contributed by atoms with Crippen LogP contribution in [0.4, 0.5) is 5.82 Å². The number of hydrogen-bond acceptors (Lipinski definition) is 5. The van der Waals surface area contributed by atoms with Gasteiger partial charge in [-0.2, -0.15) is 5.10 Å². The Bertz CT molecular complexity index is 641. The third-order valence-corrected chi connectivity index (χ3v) is 3.23. The van der Waals surface area contributed by atoms with Gasteiger partial charge in [0.2, 0.25) is 0 Å². The van der Waals surface area contributed by atoms with Crippen LogP contribution in [-0.4, -0.2) is 44.6 Å². The average molecular weight is 353 g/mol. The molecule has 1 amide bonds. The maximum absolute atomic E-state index is 12.6. The van der Waals surface area contributed by atoms with E-state index in [9.17, 15) is 4.79 Å². The molecule has 0 bridgehead atoms. The monoisotopic (exact) mass is 352 g/mol. The predicted octanol–water partition coefficient (Wildman–Crippen LogP) is 1.97. The molecule has 2 N–H and O–H groups in total. The molecule has 0 aromatic carbocycles. The number of nitrogens with zero attached hydrogens (tertiary/aromatic N) is 4. The third kappa shape index (κ3) is 3.78. The number of rotatable bonds is 5. The minimum atomic E-state index is -0.137. The van der Waals surface area contributed by atoms with Gasteiger partial charge < -0.3 is 10.2 Å². The van der Waals surface area contributed by atoms with Gasteiger partial charge in [-0.25, -0.2) is 9.97 Å². The zero-order valence-corrected chi connectivity index (χ0v) is 13.7. The molecule has 0 saturated heterocycles. The first-order chi connectivity index (χ1) is 10.0. The standard InChI is InChI=1S/C13H17BrN6O/c1-4-15-12-10(5-9(14)6-16-12)13(21)20(3)7-11-17-8(2)18-19-11/h5-6H,4,7H2,1-3H3,(H,15,16)(H,17,18,19). The number of aromatic nitrogens is 4. The largest absolute Gasteiger partial charge is 0.370 e. The van der Waals surface area contributed by atoms with Crippen molar-refractivity contribution in [3.8, 4) is 0 Å². The lowest BCUT2D eigenvalue weighted by molar-refractivity contribution is 0.0782. The van der Waals surface area contributed by atoms with E-state index in [1.807, 2.05) is 13.8 Å². The molecule has 8 heteroatoms. The summed E-state index contributed by atoms with van der Waals surface area (Å²) >= 11 is 3.34. The highest BCUT2D eigenvalue weighted by Gasteiger charge is 2.18. The first-order valence-electron chi connectivity index (χ1n) is 6.54. The van der Waals surface area contributed by atoms with Crippen molar-refractivity contribution in [2.24, 2.45) is 0 Å². The number of carbonyl (C=O) groups is 1. The van der Waals surface area contributed by atoms with Crippen LogP contribution < -0.4 is 5.32 Å². The van der Waals surface area contributed by atoms with Gasteiger partial charge in [-0.05, 0) is 35.8 Å². The van der Waals surface area contributed by atoms with E-state index < -0.39 is 0 Å². The van der Waals surface area contributed by atoms with Gasteiger partial charge in [-0.15, -0.1) is 0 Å². The molecule has 0 spiro atoms. The molecule has 2 aromatic heterocycles. The van der Waals surface area contributed by atoms with E-state index in [0.717, 1.165) is 10.3 Å². The van der Waals surface area contributed by atoms with Crippen LogP contribution in [0.3, 0.4) is 0 Å². The van der Waals surface area contributed by atoms with Crippen LogP contribution in [0, 0.1) is 6.92 Å². The van der Waals surface area contributed by atoms with E-state index in [2.05, 4.69) is 41.4 Å². The van der Waals surface area contributed by atoms with Gasteiger partial charge >= 0.3 is 0 Å². The number of aryl methyl sites for hydroxylation is 1. The Kier molecular flexibility index (Phi) is 4.89. The van der Waals surface area contributed by atoms with Gasteiger partial charge in [-0.3, -0.25) is 9.89 Å². The minimum Gasteiger partial charge on any atom is -0.370 e. The Hall–Kier alpha value is -1.96. The fourth-order valence-electron chi connectivity index (χ4n) is 1.86. The molecule has 0 aliphatic rings. The van der Waals surface area contributed by atoms with Crippen LogP contribution in [0.1, 0.15) is 28.9 Å². The van der Waals surface area contributed by atoms with Crippen LogP contribution in [0.15, 0.2) is 16.7 Å². The molecular formula is C13H17BrN6O. The topological polar surface area (TPSA) is 86.8 Å². The molecule has 0 radical (unpaired) electrons. The van der Waals surface area contributed by atoms with Crippen LogP contribution >= 0.6 is 15.9 Å². The van der Waals surface area contributed by atoms with E-state index in [1.54, 1.807) is 24.2 Å². The number of pyridine rings is 1. The number of anilines is 1. The molecule has 0 atom stereocenters. The fraction of sp³-hybridized carbons (Fsp3) is 0.385. The average Bonchev–Trinajstić information content (AvgIpc) is 2.85. The van der Waals surface area contributed by atoms with Crippen LogP contribution in [0.25, 0.3) is 0 Å². The van der Waals surface area contributed by atoms with E-state index in [4.69, 9.17) is 0 Å². The maximum atomic E-state index is 12.6. The van der Waals surface area contributed by atoms with Gasteiger partial charge in [0.15, 0.2) is 5.82 Å². The molecule has 21 heavy (non-hydrogen) atoms. The van der Waals surface area contributed by atoms with Crippen molar-refractivity contribution in [2.45, 2.75) is 20.4 Å². The van der Waals surface area contributed by atoms with Crippen LogP contribution in [0.5, 0.6) is 0 Å². The summed E-state index contributed by atoms with van der Waals surface area (Å²) in [7, 11) is 1.71. The molecule has 112 valence electrons. The van der Waals surface area contributed by atoms with Gasteiger partial charge in [0.1, 0.15) is 11.6 Å². The van der Waals surface area contributed by atoms with Crippen molar-refractivity contribution in [2.75, 3.05) is 18.9 Å². The summed E-state index contributed by atoms with van der Waals surface area (Å²) in [6, 6.07) is 1.76. The van der Waals surface area contributed by atoms with Gasteiger partial charge in [0.05, 0.1) is 12.1 Å². The Morgan fingerprint density at radius 2 is 2.29 bits per heavy atom. The van der Waals surface area contributed by atoms with E-state index in [1.165, 1.54) is 0 Å². The lowest BCUT2D eigenvalue weighted by atomic mass is 10.2. The first kappa shape index (κ1) is 15.4. The summed E-state index contributed by atoms with van der Waals surface area (Å²) in [5, 5.41) is 9.89. The second-order valence-electron chi connectivity index (χ2n) is 4.58.